The highest BCUT2D eigenvalue weighted by molar-refractivity contribution is 5.99. The Labute approximate surface area is 159 Å². The zero-order valence-electron chi connectivity index (χ0n) is 16.1. The van der Waals surface area contributed by atoms with Crippen LogP contribution in [-0.2, 0) is 16.8 Å². The van der Waals surface area contributed by atoms with Crippen LogP contribution in [0.15, 0.2) is 48.5 Å². The molecule has 0 spiro atoms. The monoisotopic (exact) mass is 361 g/mol. The number of nitrogens with one attached hydrogen (secondary N) is 1. The number of carbonyl (C=O) groups excluding carboxylic acids is 1. The fourth-order valence-corrected chi connectivity index (χ4v) is 3.57. The lowest BCUT2D eigenvalue weighted by Crippen LogP contribution is -2.10. The summed E-state index contributed by atoms with van der Waals surface area (Å²) in [6.07, 6.45) is 0. The van der Waals surface area contributed by atoms with Gasteiger partial charge in [0.1, 0.15) is 18.1 Å². The van der Waals surface area contributed by atoms with Crippen LogP contribution >= 0.6 is 0 Å². The standard InChI is InChI=1S/C23H23NO3/c1-23(2,3)15-11-9-14(10-12-15)19-17-13-27-18-8-6-5-7-16(18)20(17)24-21(19)22(25)26-4/h5-12,24H,13H2,1-4H3. The molecular formula is C23H23NO3. The lowest BCUT2D eigenvalue weighted by Gasteiger charge is -2.20. The average Bonchev–Trinajstić information content (AvgIpc) is 3.07. The number of aromatic nitrogens is 1. The second kappa shape index (κ2) is 6.31. The molecule has 3 aromatic rings. The van der Waals surface area contributed by atoms with Crippen molar-refractivity contribution in [3.63, 3.8) is 0 Å². The highest BCUT2D eigenvalue weighted by Gasteiger charge is 2.29. The third-order valence-corrected chi connectivity index (χ3v) is 5.06. The molecule has 4 nitrogen and oxygen atoms in total. The normalized spacial score (nSPS) is 12.7. The van der Waals surface area contributed by atoms with Gasteiger partial charge in [0.15, 0.2) is 0 Å². The second-order valence-corrected chi connectivity index (χ2v) is 7.83. The molecule has 27 heavy (non-hydrogen) atoms. The van der Waals surface area contributed by atoms with E-state index in [1.807, 2.05) is 24.3 Å². The van der Waals surface area contributed by atoms with Gasteiger partial charge >= 0.3 is 5.97 Å². The van der Waals surface area contributed by atoms with Gasteiger partial charge in [-0.15, -0.1) is 0 Å². The third kappa shape index (κ3) is 2.91. The Hall–Kier alpha value is -3.01. The van der Waals surface area contributed by atoms with E-state index >= 15 is 0 Å². The molecule has 0 amide bonds. The molecule has 4 rings (SSSR count). The van der Waals surface area contributed by atoms with Crippen LogP contribution in [0.3, 0.4) is 0 Å². The molecule has 138 valence electrons. The molecule has 0 bridgehead atoms. The Bertz CT molecular complexity index is 1010. The minimum Gasteiger partial charge on any atom is -0.488 e. The molecule has 1 N–H and O–H groups in total. The summed E-state index contributed by atoms with van der Waals surface area (Å²) >= 11 is 0. The lowest BCUT2D eigenvalue weighted by molar-refractivity contribution is 0.0596. The minimum atomic E-state index is -0.378. The highest BCUT2D eigenvalue weighted by Crippen LogP contribution is 2.43. The first-order valence-electron chi connectivity index (χ1n) is 9.06. The van der Waals surface area contributed by atoms with Crippen LogP contribution < -0.4 is 4.74 Å². The topological polar surface area (TPSA) is 51.3 Å². The number of para-hydroxylation sites is 1. The van der Waals surface area contributed by atoms with Gasteiger partial charge in [-0.2, -0.15) is 0 Å². The molecule has 1 aliphatic heterocycles. The summed E-state index contributed by atoms with van der Waals surface area (Å²) in [4.78, 5) is 15.8. The maximum absolute atomic E-state index is 12.5. The molecule has 0 saturated heterocycles. The molecule has 2 heterocycles. The van der Waals surface area contributed by atoms with Crippen molar-refractivity contribution in [2.24, 2.45) is 0 Å². The first kappa shape index (κ1) is 17.4. The largest absolute Gasteiger partial charge is 0.488 e. The number of esters is 1. The number of rotatable bonds is 2. The van der Waals surface area contributed by atoms with E-state index in [0.717, 1.165) is 33.7 Å². The maximum atomic E-state index is 12.5. The number of aromatic amines is 1. The van der Waals surface area contributed by atoms with Crippen molar-refractivity contribution in [3.05, 3.63) is 65.4 Å². The fraction of sp³-hybridized carbons (Fsp3) is 0.261. The van der Waals surface area contributed by atoms with Crippen LogP contribution in [0.1, 0.15) is 42.4 Å². The number of methoxy groups -OCH3 is 1. The van der Waals surface area contributed by atoms with Crippen LogP contribution in [0.25, 0.3) is 22.4 Å². The van der Waals surface area contributed by atoms with E-state index in [2.05, 4.69) is 50.0 Å². The molecule has 0 fully saturated rings. The third-order valence-electron chi connectivity index (χ3n) is 5.06. The maximum Gasteiger partial charge on any atom is 0.355 e. The van der Waals surface area contributed by atoms with E-state index in [1.165, 1.54) is 12.7 Å². The first-order valence-corrected chi connectivity index (χ1v) is 9.06. The van der Waals surface area contributed by atoms with Crippen molar-refractivity contribution < 1.29 is 14.3 Å². The van der Waals surface area contributed by atoms with Gasteiger partial charge in [-0.3, -0.25) is 0 Å². The molecule has 0 saturated carbocycles. The summed E-state index contributed by atoms with van der Waals surface area (Å²) < 4.78 is 11.0. The number of hydrogen-bond donors (Lipinski definition) is 1. The Kier molecular flexibility index (Phi) is 4.06. The molecule has 1 aromatic heterocycles. The molecular weight excluding hydrogens is 338 g/mol. The highest BCUT2D eigenvalue weighted by atomic mass is 16.5. The number of ether oxygens (including phenoxy) is 2. The number of H-pyrrole nitrogens is 1. The average molecular weight is 361 g/mol. The zero-order valence-corrected chi connectivity index (χ0v) is 16.1. The molecule has 2 aromatic carbocycles. The molecule has 1 aliphatic rings. The van der Waals surface area contributed by atoms with Gasteiger partial charge in [0, 0.05) is 16.7 Å². The first-order chi connectivity index (χ1) is 12.9. The number of hydrogen-bond acceptors (Lipinski definition) is 3. The van der Waals surface area contributed by atoms with Crippen LogP contribution in [0.2, 0.25) is 0 Å². The van der Waals surface area contributed by atoms with E-state index in [1.54, 1.807) is 0 Å². The van der Waals surface area contributed by atoms with E-state index in [9.17, 15) is 4.79 Å². The summed E-state index contributed by atoms with van der Waals surface area (Å²) in [6.45, 7) is 6.97. The van der Waals surface area contributed by atoms with Gasteiger partial charge in [-0.25, -0.2) is 4.79 Å². The van der Waals surface area contributed by atoms with Crippen LogP contribution in [0.4, 0.5) is 0 Å². The number of benzene rings is 2. The predicted octanol–water partition coefficient (Wildman–Crippen LogP) is 5.33. The van der Waals surface area contributed by atoms with Crippen molar-refractivity contribution in [1.29, 1.82) is 0 Å². The minimum absolute atomic E-state index is 0.0728. The molecule has 0 aliphatic carbocycles. The van der Waals surface area contributed by atoms with Gasteiger partial charge < -0.3 is 14.5 Å². The summed E-state index contributed by atoms with van der Waals surface area (Å²) in [5.74, 6) is 0.439. The van der Waals surface area contributed by atoms with Crippen LogP contribution in [-0.4, -0.2) is 18.1 Å². The summed E-state index contributed by atoms with van der Waals surface area (Å²) in [5.41, 5.74) is 6.48. The summed E-state index contributed by atoms with van der Waals surface area (Å²) in [7, 11) is 1.40. The van der Waals surface area contributed by atoms with Gasteiger partial charge in [0.2, 0.25) is 0 Å². The quantitative estimate of drug-likeness (QED) is 0.628. The zero-order chi connectivity index (χ0) is 19.2. The van der Waals surface area contributed by atoms with E-state index in [4.69, 9.17) is 9.47 Å². The summed E-state index contributed by atoms with van der Waals surface area (Å²) in [5, 5.41) is 0. The lowest BCUT2D eigenvalue weighted by atomic mass is 9.86. The van der Waals surface area contributed by atoms with E-state index < -0.39 is 0 Å². The number of fused-ring (bicyclic) bond motifs is 3. The van der Waals surface area contributed by atoms with Crippen LogP contribution in [0, 0.1) is 0 Å². The van der Waals surface area contributed by atoms with Crippen molar-refractivity contribution in [3.8, 4) is 28.1 Å². The summed E-state index contributed by atoms with van der Waals surface area (Å²) in [6, 6.07) is 16.2. The van der Waals surface area contributed by atoms with Crippen molar-refractivity contribution in [1.82, 2.24) is 4.98 Å². The smallest absolute Gasteiger partial charge is 0.355 e. The van der Waals surface area contributed by atoms with Crippen molar-refractivity contribution in [2.75, 3.05) is 7.11 Å². The predicted molar refractivity (Wildman–Crippen MR) is 106 cm³/mol. The Balaban J connectivity index is 1.91. The van der Waals surface area contributed by atoms with Crippen LogP contribution in [0.5, 0.6) is 5.75 Å². The van der Waals surface area contributed by atoms with E-state index in [0.29, 0.717) is 12.3 Å². The van der Waals surface area contributed by atoms with Gasteiger partial charge in [-0.1, -0.05) is 57.2 Å². The second-order valence-electron chi connectivity index (χ2n) is 7.83. The molecule has 4 heteroatoms. The van der Waals surface area contributed by atoms with Crippen molar-refractivity contribution >= 4 is 5.97 Å². The molecule has 0 unspecified atom stereocenters. The molecule has 0 atom stereocenters. The Morgan fingerprint density at radius 3 is 2.44 bits per heavy atom. The van der Waals surface area contributed by atoms with Gasteiger partial charge in [0.05, 0.1) is 12.8 Å². The van der Waals surface area contributed by atoms with Gasteiger partial charge in [-0.05, 0) is 28.7 Å². The molecule has 0 radical (unpaired) electrons. The number of carbonyl (C=O) groups is 1. The fourth-order valence-electron chi connectivity index (χ4n) is 3.57. The van der Waals surface area contributed by atoms with Gasteiger partial charge in [0.25, 0.3) is 0 Å². The Morgan fingerprint density at radius 1 is 1.07 bits per heavy atom. The Morgan fingerprint density at radius 2 is 1.78 bits per heavy atom. The van der Waals surface area contributed by atoms with E-state index in [-0.39, 0.29) is 11.4 Å². The SMILES string of the molecule is COC(=O)c1[nH]c2c(c1-c1ccc(C(C)(C)C)cc1)COc1ccccc1-2. The van der Waals surface area contributed by atoms with Crippen molar-refractivity contribution in [2.45, 2.75) is 32.8 Å².